The zero-order valence-corrected chi connectivity index (χ0v) is 11.8. The number of nitroso groups, excluding NO2 is 1. The summed E-state index contributed by atoms with van der Waals surface area (Å²) in [6.07, 6.45) is 4.95. The number of hydrogen-bond donors (Lipinski definition) is 0. The Bertz CT molecular complexity index is 380. The highest BCUT2D eigenvalue weighted by molar-refractivity contribution is 4.83. The molecule has 0 saturated heterocycles. The minimum atomic E-state index is 0.148. The van der Waals surface area contributed by atoms with Crippen LogP contribution >= 0.6 is 0 Å². The number of aromatic nitrogens is 2. The van der Waals surface area contributed by atoms with Crippen LogP contribution in [-0.4, -0.2) is 11.2 Å². The summed E-state index contributed by atoms with van der Waals surface area (Å²) in [5.74, 6) is 0.903. The number of ether oxygens (including phenoxy) is 1. The van der Waals surface area contributed by atoms with E-state index < -0.39 is 0 Å². The summed E-state index contributed by atoms with van der Waals surface area (Å²) in [4.78, 5) is 10.5. The molecule has 0 aliphatic heterocycles. The van der Waals surface area contributed by atoms with Crippen molar-refractivity contribution in [1.82, 2.24) is 4.57 Å². The summed E-state index contributed by atoms with van der Waals surface area (Å²) in [5, 5.41) is 2.99. The fourth-order valence-electron chi connectivity index (χ4n) is 1.75. The molecule has 1 aromatic rings. The zero-order valence-electron chi connectivity index (χ0n) is 11.8. The first-order valence-corrected chi connectivity index (χ1v) is 6.42. The Morgan fingerprint density at radius 3 is 2.72 bits per heavy atom. The van der Waals surface area contributed by atoms with Crippen molar-refractivity contribution in [3.63, 3.8) is 0 Å². The Labute approximate surface area is 109 Å². The van der Waals surface area contributed by atoms with Crippen LogP contribution in [0.25, 0.3) is 0 Å². The first kappa shape index (κ1) is 14.8. The lowest BCUT2D eigenvalue weighted by Gasteiger charge is -2.17. The monoisotopic (exact) mass is 254 g/mol. The van der Waals surface area contributed by atoms with Gasteiger partial charge in [0.1, 0.15) is 12.4 Å². The fraction of sp³-hybridized carbons (Fsp3) is 0.769. The van der Waals surface area contributed by atoms with E-state index in [1.54, 1.807) is 0 Å². The van der Waals surface area contributed by atoms with Gasteiger partial charge in [0.15, 0.2) is 13.3 Å². The Morgan fingerprint density at radius 1 is 1.44 bits per heavy atom. The van der Waals surface area contributed by atoms with Crippen molar-refractivity contribution in [2.75, 3.05) is 6.61 Å². The molecule has 18 heavy (non-hydrogen) atoms. The van der Waals surface area contributed by atoms with E-state index in [9.17, 15) is 4.91 Å². The number of imidazole rings is 1. The van der Waals surface area contributed by atoms with Gasteiger partial charge in [0.2, 0.25) is 0 Å². The van der Waals surface area contributed by atoms with Gasteiger partial charge in [-0.3, -0.25) is 0 Å². The zero-order chi connectivity index (χ0) is 13.6. The maximum atomic E-state index is 10.5. The third kappa shape index (κ3) is 4.56. The maximum Gasteiger partial charge on any atom is 0.284 e. The number of rotatable bonds is 7. The molecule has 0 saturated carbocycles. The Balaban J connectivity index is 2.66. The Kier molecular flexibility index (Phi) is 5.47. The van der Waals surface area contributed by atoms with Crippen molar-refractivity contribution in [2.24, 2.45) is 10.6 Å². The highest BCUT2D eigenvalue weighted by Gasteiger charge is 2.18. The highest BCUT2D eigenvalue weighted by Crippen LogP contribution is 2.12. The molecule has 0 fully saturated rings. The van der Waals surface area contributed by atoms with Gasteiger partial charge in [-0.25, -0.2) is 9.13 Å². The van der Waals surface area contributed by atoms with Crippen LogP contribution in [0.2, 0.25) is 0 Å². The summed E-state index contributed by atoms with van der Waals surface area (Å²) >= 11 is 0. The molecular weight excluding hydrogens is 230 g/mol. The molecule has 5 nitrogen and oxygen atoms in total. The van der Waals surface area contributed by atoms with Gasteiger partial charge in [0, 0.05) is 0 Å². The fourth-order valence-corrected chi connectivity index (χ4v) is 1.75. The van der Waals surface area contributed by atoms with E-state index in [0.717, 1.165) is 18.8 Å². The van der Waals surface area contributed by atoms with Gasteiger partial charge in [-0.1, -0.05) is 32.9 Å². The molecule has 0 N–H and O–H groups in total. The molecule has 0 unspecified atom stereocenters. The third-order valence-electron chi connectivity index (χ3n) is 2.53. The first-order valence-electron chi connectivity index (χ1n) is 6.42. The maximum absolute atomic E-state index is 10.5. The van der Waals surface area contributed by atoms with Gasteiger partial charge in [-0.15, -0.1) is 0 Å². The predicted molar refractivity (Wildman–Crippen MR) is 69.8 cm³/mol. The molecule has 102 valence electrons. The molecule has 0 atom stereocenters. The van der Waals surface area contributed by atoms with Crippen molar-refractivity contribution in [1.29, 1.82) is 0 Å². The average Bonchev–Trinajstić information content (AvgIpc) is 2.62. The molecule has 0 bridgehead atoms. The van der Waals surface area contributed by atoms with Gasteiger partial charge in [-0.2, -0.15) is 4.91 Å². The predicted octanol–water partition coefficient (Wildman–Crippen LogP) is 2.47. The SMILES string of the molecule is CCCn1cc[n+](COCC(C)(C)C)c1CN=O. The summed E-state index contributed by atoms with van der Waals surface area (Å²) < 4.78 is 9.67. The number of aryl methyl sites for hydroxylation is 1. The van der Waals surface area contributed by atoms with Crippen LogP contribution < -0.4 is 4.57 Å². The Morgan fingerprint density at radius 2 is 2.17 bits per heavy atom. The molecule has 0 spiro atoms. The number of nitrogens with zero attached hydrogens (tertiary/aromatic N) is 3. The van der Waals surface area contributed by atoms with Crippen LogP contribution in [0.15, 0.2) is 17.6 Å². The molecule has 1 rings (SSSR count). The van der Waals surface area contributed by atoms with E-state index in [1.807, 2.05) is 17.0 Å². The first-order chi connectivity index (χ1) is 8.48. The lowest BCUT2D eigenvalue weighted by atomic mass is 9.99. The van der Waals surface area contributed by atoms with Crippen molar-refractivity contribution in [3.05, 3.63) is 23.1 Å². The molecule has 1 aromatic heterocycles. The van der Waals surface area contributed by atoms with E-state index in [-0.39, 0.29) is 12.0 Å². The lowest BCUT2D eigenvalue weighted by molar-refractivity contribution is -0.739. The van der Waals surface area contributed by atoms with E-state index in [2.05, 4.69) is 37.4 Å². The standard InChI is InChI=1S/C13H24N3O2/c1-5-6-15-7-8-16(12(15)9-14-17)11-18-10-13(2,3)4/h7-8H,5-6,9-11H2,1-4H3/q+1. The van der Waals surface area contributed by atoms with Gasteiger partial charge in [0.25, 0.3) is 5.82 Å². The van der Waals surface area contributed by atoms with Crippen molar-refractivity contribution < 1.29 is 9.30 Å². The summed E-state index contributed by atoms with van der Waals surface area (Å²) in [6, 6.07) is 0. The minimum Gasteiger partial charge on any atom is -0.341 e. The largest absolute Gasteiger partial charge is 0.341 e. The second-order valence-electron chi connectivity index (χ2n) is 5.70. The minimum absolute atomic E-state index is 0.148. The van der Waals surface area contributed by atoms with Crippen LogP contribution in [0, 0.1) is 10.3 Å². The molecule has 0 amide bonds. The second kappa shape index (κ2) is 6.64. The highest BCUT2D eigenvalue weighted by atomic mass is 16.5. The van der Waals surface area contributed by atoms with Gasteiger partial charge >= 0.3 is 0 Å². The van der Waals surface area contributed by atoms with E-state index in [1.165, 1.54) is 0 Å². The molecule has 1 heterocycles. The normalized spacial score (nSPS) is 11.8. The lowest BCUT2D eigenvalue weighted by Crippen LogP contribution is -2.39. The van der Waals surface area contributed by atoms with Gasteiger partial charge < -0.3 is 4.74 Å². The summed E-state index contributed by atoms with van der Waals surface area (Å²) in [6.45, 7) is 10.8. The molecule has 0 aliphatic carbocycles. The molecular formula is C13H24N3O2+. The van der Waals surface area contributed by atoms with Gasteiger partial charge in [-0.05, 0) is 11.8 Å². The second-order valence-corrected chi connectivity index (χ2v) is 5.70. The molecule has 0 radical (unpaired) electrons. The molecule has 5 heteroatoms. The quantitative estimate of drug-likeness (QED) is 0.554. The van der Waals surface area contributed by atoms with Crippen LogP contribution in [-0.2, 0) is 24.6 Å². The van der Waals surface area contributed by atoms with Crippen LogP contribution in [0.3, 0.4) is 0 Å². The summed E-state index contributed by atoms with van der Waals surface area (Å²) in [5.41, 5.74) is 0.148. The van der Waals surface area contributed by atoms with Crippen LogP contribution in [0.1, 0.15) is 39.9 Å². The van der Waals surface area contributed by atoms with E-state index >= 15 is 0 Å². The third-order valence-corrected chi connectivity index (χ3v) is 2.53. The van der Waals surface area contributed by atoms with Crippen molar-refractivity contribution >= 4 is 0 Å². The van der Waals surface area contributed by atoms with E-state index in [0.29, 0.717) is 13.3 Å². The number of hydrogen-bond acceptors (Lipinski definition) is 3. The summed E-state index contributed by atoms with van der Waals surface area (Å²) in [7, 11) is 0. The Hall–Kier alpha value is -1.23. The van der Waals surface area contributed by atoms with Crippen molar-refractivity contribution in [2.45, 2.75) is 53.9 Å². The smallest absolute Gasteiger partial charge is 0.284 e. The van der Waals surface area contributed by atoms with E-state index in [4.69, 9.17) is 4.74 Å². The van der Waals surface area contributed by atoms with Crippen LogP contribution in [0.5, 0.6) is 0 Å². The van der Waals surface area contributed by atoms with Crippen LogP contribution in [0.4, 0.5) is 0 Å². The van der Waals surface area contributed by atoms with Crippen molar-refractivity contribution in [3.8, 4) is 0 Å². The van der Waals surface area contributed by atoms with Gasteiger partial charge in [0.05, 0.1) is 13.2 Å². The molecule has 0 aromatic carbocycles. The average molecular weight is 254 g/mol. The molecule has 0 aliphatic rings. The topological polar surface area (TPSA) is 47.5 Å².